The lowest BCUT2D eigenvalue weighted by molar-refractivity contribution is 0.242. The van der Waals surface area contributed by atoms with Crippen LogP contribution in [-0.2, 0) is 6.54 Å². The summed E-state index contributed by atoms with van der Waals surface area (Å²) in [6, 6.07) is 7.90. The summed E-state index contributed by atoms with van der Waals surface area (Å²) in [5, 5.41) is 7.16. The van der Waals surface area contributed by atoms with Gasteiger partial charge >= 0.3 is 0 Å². The molecule has 1 N–H and O–H groups in total. The molecule has 1 heterocycles. The van der Waals surface area contributed by atoms with E-state index in [1.807, 2.05) is 52.1 Å². The van der Waals surface area contributed by atoms with Crippen molar-refractivity contribution in [1.29, 1.82) is 0 Å². The Hall–Kier alpha value is -1.81. The fourth-order valence-electron chi connectivity index (χ4n) is 1.93. The molecule has 0 aliphatic heterocycles. The molecule has 1 aromatic carbocycles. The van der Waals surface area contributed by atoms with Gasteiger partial charge < -0.3 is 14.6 Å². The summed E-state index contributed by atoms with van der Waals surface area (Å²) in [6.07, 6.45) is 0.181. The highest BCUT2D eigenvalue weighted by atomic mass is 16.5. The molecule has 0 aliphatic carbocycles. The molecular formula is C15H20N2O2. The van der Waals surface area contributed by atoms with Gasteiger partial charge in [-0.05, 0) is 52.1 Å². The average molecular weight is 260 g/mol. The number of hydrogen-bond acceptors (Lipinski definition) is 4. The van der Waals surface area contributed by atoms with Gasteiger partial charge in [0.05, 0.1) is 6.10 Å². The Kier molecular flexibility index (Phi) is 4.22. The van der Waals surface area contributed by atoms with E-state index in [1.54, 1.807) is 0 Å². The van der Waals surface area contributed by atoms with E-state index in [9.17, 15) is 0 Å². The van der Waals surface area contributed by atoms with Crippen LogP contribution in [0.15, 0.2) is 28.8 Å². The monoisotopic (exact) mass is 260 g/mol. The lowest BCUT2D eigenvalue weighted by Crippen LogP contribution is -2.06. The highest BCUT2D eigenvalue weighted by Crippen LogP contribution is 2.27. The summed E-state index contributed by atoms with van der Waals surface area (Å²) >= 11 is 0. The van der Waals surface area contributed by atoms with Crippen LogP contribution >= 0.6 is 0 Å². The maximum Gasteiger partial charge on any atom is 0.170 e. The molecule has 4 nitrogen and oxygen atoms in total. The third-order valence-corrected chi connectivity index (χ3v) is 2.85. The lowest BCUT2D eigenvalue weighted by atomic mass is 10.1. The van der Waals surface area contributed by atoms with Crippen LogP contribution in [0.25, 0.3) is 11.3 Å². The molecule has 0 radical (unpaired) electrons. The van der Waals surface area contributed by atoms with Gasteiger partial charge in [-0.1, -0.05) is 5.16 Å². The van der Waals surface area contributed by atoms with E-state index >= 15 is 0 Å². The Bertz CT molecular complexity index is 530. The molecule has 0 saturated heterocycles. The quantitative estimate of drug-likeness (QED) is 0.897. The zero-order chi connectivity index (χ0) is 13.8. The van der Waals surface area contributed by atoms with Crippen molar-refractivity contribution in [3.8, 4) is 17.1 Å². The minimum atomic E-state index is 0.181. The standard InChI is InChI=1S/C15H20N2O2/c1-10(2)18-13-7-5-12(6-8-13)15-11(3)14(9-16-4)17-19-15/h5-8,10,16H,9H2,1-4H3. The average Bonchev–Trinajstić information content (AvgIpc) is 2.72. The van der Waals surface area contributed by atoms with Crippen LogP contribution in [0.5, 0.6) is 5.75 Å². The first-order valence-electron chi connectivity index (χ1n) is 6.48. The second-order valence-corrected chi connectivity index (χ2v) is 4.80. The van der Waals surface area contributed by atoms with E-state index in [4.69, 9.17) is 9.26 Å². The predicted octanol–water partition coefficient (Wildman–Crippen LogP) is 3.16. The van der Waals surface area contributed by atoms with Crippen LogP contribution in [0, 0.1) is 6.92 Å². The van der Waals surface area contributed by atoms with Gasteiger partial charge in [-0.25, -0.2) is 0 Å². The van der Waals surface area contributed by atoms with Gasteiger partial charge in [-0.2, -0.15) is 0 Å². The van der Waals surface area contributed by atoms with E-state index < -0.39 is 0 Å². The van der Waals surface area contributed by atoms with E-state index in [0.29, 0.717) is 6.54 Å². The smallest absolute Gasteiger partial charge is 0.170 e. The fourth-order valence-corrected chi connectivity index (χ4v) is 1.93. The predicted molar refractivity (Wildman–Crippen MR) is 75.2 cm³/mol. The molecule has 0 saturated carbocycles. The van der Waals surface area contributed by atoms with E-state index in [2.05, 4.69) is 10.5 Å². The maximum absolute atomic E-state index is 5.62. The van der Waals surface area contributed by atoms with Gasteiger partial charge in [0.2, 0.25) is 0 Å². The summed E-state index contributed by atoms with van der Waals surface area (Å²) < 4.78 is 11.0. The van der Waals surface area contributed by atoms with Crippen molar-refractivity contribution in [2.24, 2.45) is 0 Å². The Morgan fingerprint density at radius 3 is 2.53 bits per heavy atom. The zero-order valence-electron chi connectivity index (χ0n) is 11.9. The van der Waals surface area contributed by atoms with Crippen molar-refractivity contribution in [1.82, 2.24) is 10.5 Å². The topological polar surface area (TPSA) is 47.3 Å². The number of rotatable bonds is 5. The van der Waals surface area contributed by atoms with E-state index in [1.165, 1.54) is 0 Å². The summed E-state index contributed by atoms with van der Waals surface area (Å²) in [5.74, 6) is 1.69. The highest BCUT2D eigenvalue weighted by molar-refractivity contribution is 5.62. The van der Waals surface area contributed by atoms with Gasteiger partial charge in [0.1, 0.15) is 11.4 Å². The molecule has 0 spiro atoms. The van der Waals surface area contributed by atoms with Crippen molar-refractivity contribution >= 4 is 0 Å². The first-order valence-corrected chi connectivity index (χ1v) is 6.48. The van der Waals surface area contributed by atoms with Gasteiger partial charge in [0.15, 0.2) is 5.76 Å². The van der Waals surface area contributed by atoms with Crippen molar-refractivity contribution in [3.63, 3.8) is 0 Å². The Balaban J connectivity index is 2.22. The maximum atomic E-state index is 5.62. The van der Waals surface area contributed by atoms with Gasteiger partial charge in [0.25, 0.3) is 0 Å². The normalized spacial score (nSPS) is 11.0. The number of ether oxygens (including phenoxy) is 1. The molecule has 4 heteroatoms. The first kappa shape index (κ1) is 13.6. The third-order valence-electron chi connectivity index (χ3n) is 2.85. The van der Waals surface area contributed by atoms with Gasteiger partial charge in [-0.3, -0.25) is 0 Å². The SMILES string of the molecule is CNCc1noc(-c2ccc(OC(C)C)cc2)c1C. The molecule has 102 valence electrons. The van der Waals surface area contributed by atoms with Crippen molar-refractivity contribution in [2.75, 3.05) is 7.05 Å². The molecule has 0 aliphatic rings. The van der Waals surface area contributed by atoms with Crippen LogP contribution in [0.3, 0.4) is 0 Å². The van der Waals surface area contributed by atoms with Crippen LogP contribution in [0.2, 0.25) is 0 Å². The molecule has 2 rings (SSSR count). The van der Waals surface area contributed by atoms with Crippen LogP contribution in [0.1, 0.15) is 25.1 Å². The molecule has 1 aromatic heterocycles. The number of nitrogens with one attached hydrogen (secondary N) is 1. The van der Waals surface area contributed by atoms with E-state index in [0.717, 1.165) is 28.3 Å². The molecule has 0 atom stereocenters. The Morgan fingerprint density at radius 1 is 1.26 bits per heavy atom. The highest BCUT2D eigenvalue weighted by Gasteiger charge is 2.13. The number of hydrogen-bond donors (Lipinski definition) is 1. The molecular weight excluding hydrogens is 240 g/mol. The molecule has 0 unspecified atom stereocenters. The Labute approximate surface area is 113 Å². The van der Waals surface area contributed by atoms with Crippen LogP contribution in [0.4, 0.5) is 0 Å². The molecule has 0 amide bonds. The van der Waals surface area contributed by atoms with Crippen molar-refractivity contribution in [2.45, 2.75) is 33.4 Å². The summed E-state index contributed by atoms with van der Waals surface area (Å²) in [6.45, 7) is 6.76. The minimum Gasteiger partial charge on any atom is -0.491 e. The largest absolute Gasteiger partial charge is 0.491 e. The summed E-state index contributed by atoms with van der Waals surface area (Å²) in [5.41, 5.74) is 3.04. The number of benzene rings is 1. The second-order valence-electron chi connectivity index (χ2n) is 4.80. The zero-order valence-corrected chi connectivity index (χ0v) is 11.9. The van der Waals surface area contributed by atoms with Crippen molar-refractivity contribution < 1.29 is 9.26 Å². The first-order chi connectivity index (χ1) is 9.11. The van der Waals surface area contributed by atoms with E-state index in [-0.39, 0.29) is 6.10 Å². The minimum absolute atomic E-state index is 0.181. The number of nitrogens with zero attached hydrogens (tertiary/aromatic N) is 1. The lowest BCUT2D eigenvalue weighted by Gasteiger charge is -2.09. The van der Waals surface area contributed by atoms with Gasteiger partial charge in [0, 0.05) is 17.7 Å². The third kappa shape index (κ3) is 3.15. The fraction of sp³-hybridized carbons (Fsp3) is 0.400. The van der Waals surface area contributed by atoms with Crippen LogP contribution < -0.4 is 10.1 Å². The summed E-state index contributed by atoms with van der Waals surface area (Å²) in [7, 11) is 1.89. The molecule has 19 heavy (non-hydrogen) atoms. The van der Waals surface area contributed by atoms with Crippen molar-refractivity contribution in [3.05, 3.63) is 35.5 Å². The Morgan fingerprint density at radius 2 is 1.95 bits per heavy atom. The molecule has 0 fully saturated rings. The summed E-state index contributed by atoms with van der Waals surface area (Å²) in [4.78, 5) is 0. The molecule has 2 aromatic rings. The second kappa shape index (κ2) is 5.89. The number of aromatic nitrogens is 1. The van der Waals surface area contributed by atoms with Gasteiger partial charge in [-0.15, -0.1) is 0 Å². The molecule has 0 bridgehead atoms. The van der Waals surface area contributed by atoms with Crippen LogP contribution in [-0.4, -0.2) is 18.3 Å².